The molecule has 3 aliphatic rings. The number of hydrogen-bond acceptors (Lipinski definition) is 13. The Hall–Kier alpha value is -5.12. The number of nitrogens with one attached hydrogen (secondary N) is 1. The van der Waals surface area contributed by atoms with Crippen LogP contribution in [0.4, 0.5) is 5.69 Å². The first kappa shape index (κ1) is 45.6. The highest BCUT2D eigenvalue weighted by Gasteiger charge is 2.49. The van der Waals surface area contributed by atoms with Crippen molar-refractivity contribution >= 4 is 40.0 Å². The molecule has 318 valence electrons. The van der Waals surface area contributed by atoms with Crippen LogP contribution in [0.1, 0.15) is 78.2 Å². The third-order valence-corrected chi connectivity index (χ3v) is 11.3. The lowest BCUT2D eigenvalue weighted by Gasteiger charge is -2.38. The number of Topliss-reactive ketones (excluding diaryl/α,β-unsaturated/α-hetero) is 1. The Labute approximate surface area is 339 Å². The third kappa shape index (κ3) is 9.11. The molecular weight excluding hydrogens is 752 g/mol. The second-order valence-electron chi connectivity index (χ2n) is 15.3. The van der Waals surface area contributed by atoms with E-state index in [4.69, 9.17) is 23.7 Å². The zero-order chi connectivity index (χ0) is 43.4. The summed E-state index contributed by atoms with van der Waals surface area (Å²) in [6.07, 6.45) is 3.60. The number of carbonyl (C=O) groups is 4. The van der Waals surface area contributed by atoms with E-state index >= 15 is 0 Å². The Bertz CT molecular complexity index is 1990. The fourth-order valence-electron chi connectivity index (χ4n) is 7.56. The summed E-state index contributed by atoms with van der Waals surface area (Å²) in [5.41, 5.74) is -0.00860. The quantitative estimate of drug-likeness (QED) is 0.178. The van der Waals surface area contributed by atoms with Gasteiger partial charge in [-0.25, -0.2) is 0 Å². The van der Waals surface area contributed by atoms with Crippen molar-refractivity contribution in [3.8, 4) is 23.0 Å². The largest absolute Gasteiger partial charge is 0.507 e. The minimum atomic E-state index is -2.02. The SMILES string of the molecule is CCN(CC)C(=O)COc1cc2c(O)c3c(O)c(C)c4c(c13)C(=O)[C@@](C)(O/C=C/[C@H](OC)[C@@H](C)[C@@H](OC(C)=O)[C@@H](C)[C@@H](O)[C@H](C)[C@H](O)[C@H](C)/C=C/C=C(/C)C(=O)N2)O4. The molecule has 0 fully saturated rings. The van der Waals surface area contributed by atoms with Gasteiger partial charge in [0.25, 0.3) is 17.6 Å². The minimum absolute atomic E-state index is 0.0574. The molecule has 0 saturated carbocycles. The van der Waals surface area contributed by atoms with Gasteiger partial charge in [0, 0.05) is 80.3 Å². The summed E-state index contributed by atoms with van der Waals surface area (Å²) < 4.78 is 29.7. The number of aromatic hydroxyl groups is 2. The van der Waals surface area contributed by atoms with Gasteiger partial charge in [-0.1, -0.05) is 45.9 Å². The van der Waals surface area contributed by atoms with E-state index in [1.165, 1.54) is 59.3 Å². The number of esters is 1. The van der Waals surface area contributed by atoms with Gasteiger partial charge in [0.15, 0.2) is 12.4 Å². The second kappa shape index (κ2) is 18.6. The number of ketones is 1. The van der Waals surface area contributed by atoms with Crippen molar-refractivity contribution in [2.75, 3.05) is 32.1 Å². The lowest BCUT2D eigenvalue weighted by molar-refractivity contribution is -0.160. The molecule has 0 saturated heterocycles. The highest BCUT2D eigenvalue weighted by molar-refractivity contribution is 6.21. The number of rotatable bonds is 7. The number of allylic oxidation sites excluding steroid dienone is 2. The average Bonchev–Trinajstić information content (AvgIpc) is 3.45. The maximum atomic E-state index is 14.4. The molecule has 2 amide bonds. The van der Waals surface area contributed by atoms with Gasteiger partial charge in [-0.05, 0) is 33.8 Å². The number of aliphatic hydroxyl groups is 2. The van der Waals surface area contributed by atoms with Gasteiger partial charge in [-0.15, -0.1) is 0 Å². The summed E-state index contributed by atoms with van der Waals surface area (Å²) >= 11 is 0. The monoisotopic (exact) mass is 810 g/mol. The van der Waals surface area contributed by atoms with Crippen molar-refractivity contribution in [3.05, 3.63) is 53.3 Å². The summed E-state index contributed by atoms with van der Waals surface area (Å²) in [5.74, 6) is -8.01. The highest BCUT2D eigenvalue weighted by atomic mass is 16.7. The summed E-state index contributed by atoms with van der Waals surface area (Å²) in [6, 6.07) is 1.27. The molecule has 3 aliphatic heterocycles. The zero-order valence-electron chi connectivity index (χ0n) is 35.1. The van der Waals surface area contributed by atoms with E-state index in [-0.39, 0.29) is 50.6 Å². The van der Waals surface area contributed by atoms with E-state index in [0.29, 0.717) is 13.1 Å². The molecular formula is C43H58N2O13. The summed E-state index contributed by atoms with van der Waals surface area (Å²) in [5, 5.41) is 48.4. The summed E-state index contributed by atoms with van der Waals surface area (Å²) in [4.78, 5) is 54.9. The molecule has 5 rings (SSSR count). The number of anilines is 1. The molecule has 0 aliphatic carbocycles. The molecule has 0 spiro atoms. The number of carbonyl (C=O) groups excluding carboxylic acids is 4. The topological polar surface area (TPSA) is 211 Å². The fourth-order valence-corrected chi connectivity index (χ4v) is 7.56. The average molecular weight is 811 g/mol. The van der Waals surface area contributed by atoms with E-state index in [9.17, 15) is 39.6 Å². The number of nitrogens with zero attached hydrogens (tertiary/aromatic N) is 1. The Morgan fingerprint density at radius 1 is 0.948 bits per heavy atom. The number of fused-ring (bicyclic) bond motifs is 14. The number of ether oxygens (including phenoxy) is 5. The molecule has 58 heavy (non-hydrogen) atoms. The number of phenols is 2. The lowest BCUT2D eigenvalue weighted by atomic mass is 9.78. The van der Waals surface area contributed by atoms with Crippen molar-refractivity contribution in [1.29, 1.82) is 0 Å². The summed E-state index contributed by atoms with van der Waals surface area (Å²) in [7, 11) is 1.44. The number of benzene rings is 2. The lowest BCUT2D eigenvalue weighted by Crippen LogP contribution is -2.46. The molecule has 0 radical (unpaired) electrons. The number of phenolic OH excluding ortho intramolecular Hbond substituents is 2. The molecule has 5 N–H and O–H groups in total. The number of aliphatic hydroxyl groups excluding tert-OH is 2. The smallest absolute Gasteiger partial charge is 0.312 e. The second-order valence-corrected chi connectivity index (χ2v) is 15.3. The normalized spacial score (nSPS) is 30.1. The molecule has 2 aromatic carbocycles. The number of hydrogen-bond donors (Lipinski definition) is 5. The Morgan fingerprint density at radius 2 is 1.60 bits per heavy atom. The van der Waals surface area contributed by atoms with Crippen molar-refractivity contribution in [2.45, 2.75) is 99.4 Å². The first-order valence-corrected chi connectivity index (χ1v) is 19.5. The van der Waals surface area contributed by atoms with E-state index < -0.39 is 89.6 Å². The fraction of sp³-hybridized carbons (Fsp3) is 0.535. The van der Waals surface area contributed by atoms with Crippen LogP contribution in [0, 0.1) is 30.6 Å². The zero-order valence-corrected chi connectivity index (χ0v) is 35.1. The number of likely N-dealkylation sites (N-methyl/N-ethyl adjacent to an activating group) is 1. The van der Waals surface area contributed by atoms with Crippen molar-refractivity contribution < 1.29 is 63.3 Å². The maximum Gasteiger partial charge on any atom is 0.312 e. The van der Waals surface area contributed by atoms with Crippen LogP contribution in [0.25, 0.3) is 10.8 Å². The van der Waals surface area contributed by atoms with E-state index in [0.717, 1.165) is 0 Å². The molecule has 3 heterocycles. The molecule has 15 heteroatoms. The van der Waals surface area contributed by atoms with Gasteiger partial charge in [0.05, 0.1) is 41.2 Å². The highest BCUT2D eigenvalue weighted by Crippen LogP contribution is 2.54. The summed E-state index contributed by atoms with van der Waals surface area (Å²) in [6.45, 7) is 16.5. The van der Waals surface area contributed by atoms with Gasteiger partial charge in [0.2, 0.25) is 0 Å². The van der Waals surface area contributed by atoms with E-state index in [2.05, 4.69) is 5.32 Å². The molecule has 2 aromatic rings. The minimum Gasteiger partial charge on any atom is -0.507 e. The number of methoxy groups -OCH3 is 1. The van der Waals surface area contributed by atoms with Gasteiger partial charge < -0.3 is 54.3 Å². The van der Waals surface area contributed by atoms with Crippen LogP contribution in [-0.2, 0) is 28.6 Å². The number of amides is 2. The van der Waals surface area contributed by atoms with Crippen molar-refractivity contribution in [2.24, 2.45) is 23.7 Å². The predicted octanol–water partition coefficient (Wildman–Crippen LogP) is 5.30. The van der Waals surface area contributed by atoms with Crippen molar-refractivity contribution in [1.82, 2.24) is 4.90 Å². The van der Waals surface area contributed by atoms with Crippen LogP contribution in [0.5, 0.6) is 23.0 Å². The van der Waals surface area contributed by atoms with Crippen LogP contribution in [0.15, 0.2) is 42.2 Å². The standard InChI is InChI=1S/C43H58N2O13/c1-12-45(13-2)31(47)20-55-30-19-28-38(51)33-32(30)34-40(26(8)37(33)50)58-43(10,41(34)52)56-18-17-29(54-11)23(5)39(57-27(9)46)25(7)36(49)24(6)35(48)21(3)15-14-16-22(4)42(53)44-28/h14-19,21,23-25,29,35-36,39,48-51H,12-13,20H2,1-11H3,(H,44,53)/b15-14+,18-17+,22-16-/t21-,23-,24-,25+,29+,35-,36+,39-,43+/m1/s1. The Balaban J connectivity index is 1.94. The van der Waals surface area contributed by atoms with Gasteiger partial charge in [-0.3, -0.25) is 19.2 Å². The van der Waals surface area contributed by atoms with Crippen LogP contribution in [-0.4, -0.2) is 106 Å². The van der Waals surface area contributed by atoms with E-state index in [1.54, 1.807) is 44.7 Å². The van der Waals surface area contributed by atoms with Crippen molar-refractivity contribution in [3.63, 3.8) is 0 Å². The Kier molecular flexibility index (Phi) is 14.6. The maximum absolute atomic E-state index is 14.4. The van der Waals surface area contributed by atoms with Gasteiger partial charge in [0.1, 0.15) is 23.4 Å². The predicted molar refractivity (Wildman–Crippen MR) is 216 cm³/mol. The molecule has 0 aromatic heterocycles. The molecule has 0 unspecified atom stereocenters. The van der Waals surface area contributed by atoms with Crippen LogP contribution >= 0.6 is 0 Å². The van der Waals surface area contributed by atoms with Gasteiger partial charge in [-0.2, -0.15) is 0 Å². The molecule has 9 atom stereocenters. The van der Waals surface area contributed by atoms with Crippen LogP contribution in [0.3, 0.4) is 0 Å². The Morgan fingerprint density at radius 3 is 2.21 bits per heavy atom. The third-order valence-electron chi connectivity index (χ3n) is 11.3. The van der Waals surface area contributed by atoms with Crippen LogP contribution < -0.4 is 14.8 Å². The van der Waals surface area contributed by atoms with E-state index in [1.807, 2.05) is 13.8 Å². The van der Waals surface area contributed by atoms with Crippen LogP contribution in [0.2, 0.25) is 0 Å². The molecule has 15 nitrogen and oxygen atoms in total. The van der Waals surface area contributed by atoms with Gasteiger partial charge >= 0.3 is 11.8 Å². The first-order valence-electron chi connectivity index (χ1n) is 19.5. The molecule has 5 bridgehead atoms. The first-order chi connectivity index (χ1) is 27.2.